The molecule has 0 aliphatic heterocycles. The van der Waals surface area contributed by atoms with Gasteiger partial charge in [0.1, 0.15) is 23.7 Å². The highest BCUT2D eigenvalue weighted by atomic mass is 16.5. The summed E-state index contributed by atoms with van der Waals surface area (Å²) < 4.78 is 12.3. The van der Waals surface area contributed by atoms with Crippen molar-refractivity contribution in [2.45, 2.75) is 25.6 Å². The topological polar surface area (TPSA) is 96.5 Å². The van der Waals surface area contributed by atoms with E-state index in [1.165, 1.54) is 0 Å². The third kappa shape index (κ3) is 5.31. The lowest BCUT2D eigenvalue weighted by atomic mass is 10.0. The fourth-order valence-electron chi connectivity index (χ4n) is 2.90. The maximum Gasteiger partial charge on any atom is 0.139 e. The number of anilines is 3. The molecule has 3 aromatic carbocycles. The largest absolute Gasteiger partial charge is 0.487 e. The Morgan fingerprint density at radius 2 is 1.22 bits per heavy atom. The summed E-state index contributed by atoms with van der Waals surface area (Å²) in [7, 11) is 0. The van der Waals surface area contributed by atoms with Crippen molar-refractivity contribution in [1.29, 1.82) is 0 Å². The highest BCUT2D eigenvalue weighted by Crippen LogP contribution is 2.23. The van der Waals surface area contributed by atoms with E-state index in [1.54, 1.807) is 12.1 Å². The van der Waals surface area contributed by atoms with Crippen molar-refractivity contribution in [3.63, 3.8) is 0 Å². The van der Waals surface area contributed by atoms with Crippen molar-refractivity contribution in [2.24, 2.45) is 0 Å². The van der Waals surface area contributed by atoms with Gasteiger partial charge in [0.2, 0.25) is 0 Å². The number of hydrogen-bond acceptors (Lipinski definition) is 5. The van der Waals surface area contributed by atoms with Gasteiger partial charge < -0.3 is 26.7 Å². The number of rotatable bonds is 7. The Morgan fingerprint density at radius 3 is 1.78 bits per heavy atom. The van der Waals surface area contributed by atoms with Crippen molar-refractivity contribution in [1.82, 2.24) is 0 Å². The third-order valence-electron chi connectivity index (χ3n) is 4.24. The van der Waals surface area contributed by atoms with E-state index in [2.05, 4.69) is 0 Å². The zero-order valence-electron chi connectivity index (χ0n) is 15.3. The fourth-order valence-corrected chi connectivity index (χ4v) is 2.90. The monoisotopic (exact) mass is 363 g/mol. The van der Waals surface area contributed by atoms with Crippen LogP contribution in [0.1, 0.15) is 12.5 Å². The molecule has 140 valence electrons. The van der Waals surface area contributed by atoms with E-state index in [0.717, 1.165) is 11.3 Å². The Kier molecular flexibility index (Phi) is 5.71. The summed E-state index contributed by atoms with van der Waals surface area (Å²) in [6.07, 6.45) is 0.174. The first-order valence-corrected chi connectivity index (χ1v) is 8.88. The van der Waals surface area contributed by atoms with Crippen molar-refractivity contribution in [3.05, 3.63) is 78.4 Å². The summed E-state index contributed by atoms with van der Waals surface area (Å²) in [4.78, 5) is 0. The molecule has 0 aliphatic carbocycles. The minimum Gasteiger partial charge on any atom is -0.487 e. The average Bonchev–Trinajstić information content (AvgIpc) is 2.61. The van der Waals surface area contributed by atoms with Crippen molar-refractivity contribution in [2.75, 3.05) is 17.2 Å². The van der Waals surface area contributed by atoms with Gasteiger partial charge in [-0.15, -0.1) is 0 Å². The highest BCUT2D eigenvalue weighted by molar-refractivity contribution is 5.45. The minimum absolute atomic E-state index is 0.227. The van der Waals surface area contributed by atoms with E-state index in [-0.39, 0.29) is 12.2 Å². The van der Waals surface area contributed by atoms with E-state index in [1.807, 2.05) is 67.6 Å². The summed E-state index contributed by atoms with van der Waals surface area (Å²) in [5.74, 6) is 1.41. The normalized spacial score (nSPS) is 12.9. The van der Waals surface area contributed by atoms with Crippen LogP contribution in [0.4, 0.5) is 17.1 Å². The molecular formula is C22H25N3O2. The predicted molar refractivity (Wildman–Crippen MR) is 111 cm³/mol. The lowest BCUT2D eigenvalue weighted by Crippen LogP contribution is -2.36. The molecule has 3 aromatic rings. The van der Waals surface area contributed by atoms with Gasteiger partial charge in [-0.05, 0) is 48.9 Å². The van der Waals surface area contributed by atoms with Crippen LogP contribution in [0.5, 0.6) is 11.5 Å². The first-order chi connectivity index (χ1) is 13.0. The minimum atomic E-state index is -0.241. The van der Waals surface area contributed by atoms with E-state index < -0.39 is 0 Å². The first-order valence-electron chi connectivity index (χ1n) is 8.88. The predicted octanol–water partition coefficient (Wildman–Crippen LogP) is 3.89. The second-order valence-corrected chi connectivity index (χ2v) is 6.57. The SMILES string of the molecule is CC(Oc1cccc(N)c1)C(Cc1cccc(N)c1)Oc1cccc(N)c1. The van der Waals surface area contributed by atoms with Crippen LogP contribution in [0.3, 0.4) is 0 Å². The molecule has 0 amide bonds. The van der Waals surface area contributed by atoms with Crippen molar-refractivity contribution in [3.8, 4) is 11.5 Å². The van der Waals surface area contributed by atoms with Crippen LogP contribution >= 0.6 is 0 Å². The summed E-state index contributed by atoms with van der Waals surface area (Å²) in [5.41, 5.74) is 20.8. The second-order valence-electron chi connectivity index (χ2n) is 6.57. The number of benzene rings is 3. The number of nitrogens with two attached hydrogens (primary N) is 3. The van der Waals surface area contributed by atoms with E-state index in [0.29, 0.717) is 29.3 Å². The van der Waals surface area contributed by atoms with Gasteiger partial charge in [0.15, 0.2) is 0 Å². The molecule has 2 atom stereocenters. The van der Waals surface area contributed by atoms with Crippen LogP contribution in [-0.4, -0.2) is 12.2 Å². The molecular weight excluding hydrogens is 338 g/mol. The number of hydrogen-bond donors (Lipinski definition) is 3. The van der Waals surface area contributed by atoms with Crippen LogP contribution < -0.4 is 26.7 Å². The zero-order valence-corrected chi connectivity index (χ0v) is 15.3. The standard InChI is InChI=1S/C22H25N3O2/c1-15(26-20-9-3-7-18(24)13-20)22(12-16-5-2-6-17(23)11-16)27-21-10-4-8-19(25)14-21/h2-11,13-15,22H,12,23-25H2,1H3. The molecule has 0 aromatic heterocycles. The summed E-state index contributed by atoms with van der Waals surface area (Å²) in [6, 6.07) is 22.5. The summed E-state index contributed by atoms with van der Waals surface area (Å²) in [5, 5.41) is 0. The molecule has 3 rings (SSSR count). The lowest BCUT2D eigenvalue weighted by Gasteiger charge is -2.26. The van der Waals surface area contributed by atoms with Crippen LogP contribution in [0, 0.1) is 0 Å². The molecule has 0 radical (unpaired) electrons. The molecule has 0 bridgehead atoms. The van der Waals surface area contributed by atoms with Gasteiger partial charge in [0.05, 0.1) is 0 Å². The molecule has 0 saturated carbocycles. The van der Waals surface area contributed by atoms with Gasteiger partial charge in [-0.3, -0.25) is 0 Å². The van der Waals surface area contributed by atoms with Gasteiger partial charge in [0, 0.05) is 35.6 Å². The van der Waals surface area contributed by atoms with E-state index >= 15 is 0 Å². The Hall–Kier alpha value is -3.34. The Labute approximate surface area is 159 Å². The quantitative estimate of drug-likeness (QED) is 0.553. The highest BCUT2D eigenvalue weighted by Gasteiger charge is 2.22. The molecule has 2 unspecified atom stereocenters. The molecule has 0 saturated heterocycles. The van der Waals surface area contributed by atoms with Gasteiger partial charge >= 0.3 is 0 Å². The molecule has 5 heteroatoms. The lowest BCUT2D eigenvalue weighted by molar-refractivity contribution is 0.0659. The maximum atomic E-state index is 6.23. The van der Waals surface area contributed by atoms with Crippen LogP contribution in [-0.2, 0) is 6.42 Å². The summed E-state index contributed by atoms with van der Waals surface area (Å²) >= 11 is 0. The zero-order chi connectivity index (χ0) is 19.2. The van der Waals surface area contributed by atoms with Gasteiger partial charge in [-0.2, -0.15) is 0 Å². The molecule has 27 heavy (non-hydrogen) atoms. The van der Waals surface area contributed by atoms with Gasteiger partial charge in [-0.1, -0.05) is 24.3 Å². The Balaban J connectivity index is 1.81. The number of ether oxygens (including phenoxy) is 2. The Bertz CT molecular complexity index is 850. The molecule has 0 fully saturated rings. The van der Waals surface area contributed by atoms with E-state index in [4.69, 9.17) is 26.7 Å². The van der Waals surface area contributed by atoms with Gasteiger partial charge in [-0.25, -0.2) is 0 Å². The molecule has 0 spiro atoms. The molecule has 5 nitrogen and oxygen atoms in total. The third-order valence-corrected chi connectivity index (χ3v) is 4.24. The Morgan fingerprint density at radius 1 is 0.704 bits per heavy atom. The average molecular weight is 363 g/mol. The fraction of sp³-hybridized carbons (Fsp3) is 0.182. The van der Waals surface area contributed by atoms with E-state index in [9.17, 15) is 0 Å². The molecule has 0 heterocycles. The summed E-state index contributed by atoms with van der Waals surface area (Å²) in [6.45, 7) is 1.98. The molecule has 0 aliphatic rings. The smallest absolute Gasteiger partial charge is 0.139 e. The number of nitrogen functional groups attached to an aromatic ring is 3. The van der Waals surface area contributed by atoms with Crippen molar-refractivity contribution < 1.29 is 9.47 Å². The van der Waals surface area contributed by atoms with Crippen LogP contribution in [0.15, 0.2) is 72.8 Å². The van der Waals surface area contributed by atoms with Crippen molar-refractivity contribution >= 4 is 17.1 Å². The first kappa shape index (κ1) is 18.5. The molecule has 6 N–H and O–H groups in total. The second kappa shape index (κ2) is 8.36. The maximum absolute atomic E-state index is 6.23. The van der Waals surface area contributed by atoms with Gasteiger partial charge in [0.25, 0.3) is 0 Å². The van der Waals surface area contributed by atoms with Crippen LogP contribution in [0.2, 0.25) is 0 Å². The van der Waals surface area contributed by atoms with Crippen LogP contribution in [0.25, 0.3) is 0 Å².